The first-order valence-electron chi connectivity index (χ1n) is 9.86. The lowest BCUT2D eigenvalue weighted by Gasteiger charge is -2.35. The Morgan fingerprint density at radius 2 is 1.82 bits per heavy atom. The van der Waals surface area contributed by atoms with E-state index in [0.29, 0.717) is 18.5 Å². The number of nitrogens with zero attached hydrogens (tertiary/aromatic N) is 1. The summed E-state index contributed by atoms with van der Waals surface area (Å²) in [5.41, 5.74) is -0.298. The van der Waals surface area contributed by atoms with Gasteiger partial charge in [-0.1, -0.05) is 25.3 Å². The van der Waals surface area contributed by atoms with Crippen LogP contribution in [-0.2, 0) is 19.6 Å². The van der Waals surface area contributed by atoms with E-state index < -0.39 is 15.4 Å². The van der Waals surface area contributed by atoms with Crippen molar-refractivity contribution in [2.45, 2.75) is 62.3 Å². The van der Waals surface area contributed by atoms with Gasteiger partial charge >= 0.3 is 0 Å². The lowest BCUT2D eigenvalue weighted by atomic mass is 9.71. The van der Waals surface area contributed by atoms with E-state index in [0.717, 1.165) is 36.4 Å². The van der Waals surface area contributed by atoms with Gasteiger partial charge in [0.05, 0.1) is 10.3 Å². The van der Waals surface area contributed by atoms with Crippen molar-refractivity contribution in [3.05, 3.63) is 24.3 Å². The van der Waals surface area contributed by atoms with Crippen molar-refractivity contribution >= 4 is 27.5 Å². The molecule has 2 aliphatic carbocycles. The van der Waals surface area contributed by atoms with Gasteiger partial charge in [-0.25, -0.2) is 12.7 Å². The number of nitrogens with one attached hydrogen (secondary N) is 2. The number of benzene rings is 1. The van der Waals surface area contributed by atoms with Crippen LogP contribution in [0.15, 0.2) is 29.2 Å². The summed E-state index contributed by atoms with van der Waals surface area (Å²) in [7, 11) is -0.646. The third-order valence-electron chi connectivity index (χ3n) is 5.60. The average Bonchev–Trinajstić information content (AvgIpc) is 3.46. The fraction of sp³-hybridized carbons (Fsp3) is 0.600. The topological polar surface area (TPSA) is 95.6 Å². The van der Waals surface area contributed by atoms with Crippen LogP contribution in [0.25, 0.3) is 0 Å². The average molecular weight is 408 g/mol. The molecule has 154 valence electrons. The molecule has 0 bridgehead atoms. The van der Waals surface area contributed by atoms with E-state index in [4.69, 9.17) is 0 Å². The molecule has 1 aromatic rings. The molecule has 2 amide bonds. The zero-order valence-corrected chi connectivity index (χ0v) is 17.3. The monoisotopic (exact) mass is 407 g/mol. The third kappa shape index (κ3) is 4.72. The molecule has 2 saturated carbocycles. The van der Waals surface area contributed by atoms with E-state index in [9.17, 15) is 18.0 Å². The normalized spacial score (nSPS) is 19.2. The van der Waals surface area contributed by atoms with Gasteiger partial charge in [0.2, 0.25) is 21.8 Å². The molecule has 0 radical (unpaired) electrons. The minimum Gasteiger partial charge on any atom is -0.353 e. The van der Waals surface area contributed by atoms with Gasteiger partial charge in [-0.3, -0.25) is 9.59 Å². The number of carbonyl (C=O) groups excluding carboxylic acids is 2. The Balaban J connectivity index is 1.77. The van der Waals surface area contributed by atoms with Gasteiger partial charge in [0.25, 0.3) is 0 Å². The number of anilines is 1. The van der Waals surface area contributed by atoms with Crippen LogP contribution in [0.2, 0.25) is 0 Å². The number of rotatable bonds is 7. The third-order valence-corrected chi connectivity index (χ3v) is 7.42. The number of sulfonamides is 1. The number of hydrogen-bond acceptors (Lipinski definition) is 4. The summed E-state index contributed by atoms with van der Waals surface area (Å²) in [4.78, 5) is 25.7. The van der Waals surface area contributed by atoms with Crippen molar-refractivity contribution in [1.82, 2.24) is 9.62 Å². The van der Waals surface area contributed by atoms with Crippen LogP contribution in [0, 0.1) is 5.41 Å². The van der Waals surface area contributed by atoms with E-state index >= 15 is 0 Å². The Bertz CT molecular complexity index is 841. The van der Waals surface area contributed by atoms with Crippen LogP contribution in [0.1, 0.15) is 51.4 Å². The molecule has 2 fully saturated rings. The fourth-order valence-corrected chi connectivity index (χ4v) is 4.68. The van der Waals surface area contributed by atoms with Crippen molar-refractivity contribution < 1.29 is 18.0 Å². The van der Waals surface area contributed by atoms with Crippen LogP contribution >= 0.6 is 0 Å². The highest BCUT2D eigenvalue weighted by Crippen LogP contribution is 2.41. The second kappa shape index (κ2) is 8.21. The van der Waals surface area contributed by atoms with E-state index in [-0.39, 0.29) is 29.2 Å². The molecule has 0 saturated heterocycles. The Morgan fingerprint density at radius 1 is 1.14 bits per heavy atom. The number of amides is 2. The summed E-state index contributed by atoms with van der Waals surface area (Å²) < 4.78 is 25.8. The smallest absolute Gasteiger partial charge is 0.242 e. The standard InChI is InChI=1S/C20H29N3O4S/c1-23(2)28(26,27)17-8-6-7-16(13-17)22-19(25)20(11-4-3-5-12-20)14-18(24)21-15-9-10-15/h6-8,13,15H,3-5,9-12,14H2,1-2H3,(H,21,24)(H,22,25). The molecule has 3 rings (SSSR count). The van der Waals surface area contributed by atoms with Gasteiger partial charge in [-0.05, 0) is 43.9 Å². The van der Waals surface area contributed by atoms with E-state index in [1.54, 1.807) is 12.1 Å². The summed E-state index contributed by atoms with van der Waals surface area (Å²) in [6, 6.07) is 6.52. The zero-order valence-electron chi connectivity index (χ0n) is 16.5. The first-order valence-corrected chi connectivity index (χ1v) is 11.3. The highest BCUT2D eigenvalue weighted by Gasteiger charge is 2.42. The molecule has 2 aliphatic rings. The van der Waals surface area contributed by atoms with Crippen molar-refractivity contribution in [3.63, 3.8) is 0 Å². The summed E-state index contributed by atoms with van der Waals surface area (Å²) in [5.74, 6) is -0.263. The Hall–Kier alpha value is -1.93. The maximum atomic E-state index is 13.2. The van der Waals surface area contributed by atoms with E-state index in [2.05, 4.69) is 10.6 Å². The molecule has 0 aromatic heterocycles. The van der Waals surface area contributed by atoms with Gasteiger partial charge < -0.3 is 10.6 Å². The van der Waals surface area contributed by atoms with Crippen molar-refractivity contribution in [2.24, 2.45) is 5.41 Å². The van der Waals surface area contributed by atoms with Crippen LogP contribution in [0.4, 0.5) is 5.69 Å². The molecule has 0 spiro atoms. The van der Waals surface area contributed by atoms with Crippen LogP contribution in [0.3, 0.4) is 0 Å². The van der Waals surface area contributed by atoms with Crippen molar-refractivity contribution in [2.75, 3.05) is 19.4 Å². The van der Waals surface area contributed by atoms with E-state index in [1.165, 1.54) is 26.2 Å². The molecule has 7 nitrogen and oxygen atoms in total. The van der Waals surface area contributed by atoms with Gasteiger partial charge in [0.15, 0.2) is 0 Å². The van der Waals surface area contributed by atoms with E-state index in [1.807, 2.05) is 0 Å². The molecular formula is C20H29N3O4S. The zero-order chi connectivity index (χ0) is 20.4. The molecule has 0 aliphatic heterocycles. The minimum atomic E-state index is -3.58. The molecule has 8 heteroatoms. The van der Waals surface area contributed by atoms with Crippen molar-refractivity contribution in [1.29, 1.82) is 0 Å². The molecule has 2 N–H and O–H groups in total. The van der Waals surface area contributed by atoms with Crippen LogP contribution in [0.5, 0.6) is 0 Å². The highest BCUT2D eigenvalue weighted by molar-refractivity contribution is 7.89. The fourth-order valence-electron chi connectivity index (χ4n) is 3.74. The summed E-state index contributed by atoms with van der Waals surface area (Å²) in [6.45, 7) is 0. The van der Waals surface area contributed by atoms with Crippen molar-refractivity contribution in [3.8, 4) is 0 Å². The molecule has 0 atom stereocenters. The molecule has 0 heterocycles. The molecule has 28 heavy (non-hydrogen) atoms. The van der Waals surface area contributed by atoms with Gasteiger partial charge in [-0.2, -0.15) is 0 Å². The van der Waals surface area contributed by atoms with Gasteiger partial charge in [0, 0.05) is 32.2 Å². The summed E-state index contributed by atoms with van der Waals surface area (Å²) in [6.07, 6.45) is 6.45. The predicted octanol–water partition coefficient (Wildman–Crippen LogP) is 2.49. The Kier molecular flexibility index (Phi) is 6.09. The number of carbonyl (C=O) groups is 2. The Labute approximate surface area is 166 Å². The minimum absolute atomic E-state index is 0.0662. The summed E-state index contributed by atoms with van der Waals surface area (Å²) >= 11 is 0. The maximum Gasteiger partial charge on any atom is 0.242 e. The molecular weight excluding hydrogens is 378 g/mol. The Morgan fingerprint density at radius 3 is 2.43 bits per heavy atom. The highest BCUT2D eigenvalue weighted by atomic mass is 32.2. The molecule has 1 aromatic carbocycles. The second-order valence-electron chi connectivity index (χ2n) is 8.13. The SMILES string of the molecule is CN(C)S(=O)(=O)c1cccc(NC(=O)C2(CC(=O)NC3CC3)CCCCC2)c1. The lowest BCUT2D eigenvalue weighted by Crippen LogP contribution is -2.42. The number of hydrogen-bond donors (Lipinski definition) is 2. The first kappa shape index (κ1) is 20.8. The maximum absolute atomic E-state index is 13.2. The van der Waals surface area contributed by atoms with Crippen LogP contribution in [-0.4, -0.2) is 44.7 Å². The van der Waals surface area contributed by atoms with Crippen LogP contribution < -0.4 is 10.6 Å². The largest absolute Gasteiger partial charge is 0.353 e. The van der Waals surface area contributed by atoms with Gasteiger partial charge in [-0.15, -0.1) is 0 Å². The quantitative estimate of drug-likeness (QED) is 0.726. The summed E-state index contributed by atoms with van der Waals surface area (Å²) in [5, 5.41) is 5.86. The second-order valence-corrected chi connectivity index (χ2v) is 10.3. The van der Waals surface area contributed by atoms with Gasteiger partial charge in [0.1, 0.15) is 0 Å². The predicted molar refractivity (Wildman–Crippen MR) is 107 cm³/mol. The lowest BCUT2D eigenvalue weighted by molar-refractivity contribution is -0.134. The molecule has 0 unspecified atom stereocenters. The first-order chi connectivity index (χ1) is 13.2.